The molecule has 0 spiro atoms. The number of nitrogens with two attached hydrogens (primary N) is 1. The highest BCUT2D eigenvalue weighted by Crippen LogP contribution is 2.05. The van der Waals surface area contributed by atoms with Gasteiger partial charge in [0.1, 0.15) is 4.17 Å². The molecule has 0 aromatic carbocycles. The Kier molecular flexibility index (Phi) is 3.88. The molecule has 0 aliphatic heterocycles. The Morgan fingerprint density at radius 3 is 2.44 bits per heavy atom. The first-order chi connectivity index (χ1) is 4.09. The van der Waals surface area contributed by atoms with Crippen LogP contribution in [0.5, 0.6) is 0 Å². The predicted octanol–water partition coefficient (Wildman–Crippen LogP) is 1.30. The van der Waals surface area contributed by atoms with Gasteiger partial charge in [0.15, 0.2) is 0 Å². The SMILES string of the molecule is C=CC(=C)N(C)C(N)I. The lowest BCUT2D eigenvalue weighted by atomic mass is 10.4. The number of allylic oxidation sites excluding steroid dienone is 1. The fourth-order valence-corrected chi connectivity index (χ4v) is 0.660. The normalized spacial score (nSPS) is 12.3. The van der Waals surface area contributed by atoms with Crippen LogP contribution in [0, 0.1) is 0 Å². The van der Waals surface area contributed by atoms with E-state index in [-0.39, 0.29) is 4.17 Å². The summed E-state index contributed by atoms with van der Waals surface area (Å²) in [5.74, 6) is 0. The Labute approximate surface area is 69.5 Å². The number of rotatable bonds is 3. The molecule has 0 radical (unpaired) electrons. The zero-order valence-corrected chi connectivity index (χ0v) is 7.63. The fraction of sp³-hybridized carbons (Fsp3) is 0.333. The highest BCUT2D eigenvalue weighted by Gasteiger charge is 2.02. The minimum absolute atomic E-state index is 0.0203. The summed E-state index contributed by atoms with van der Waals surface area (Å²) in [6.45, 7) is 7.28. The molecule has 0 heterocycles. The van der Waals surface area contributed by atoms with E-state index in [1.807, 2.05) is 11.9 Å². The molecule has 0 aromatic rings. The van der Waals surface area contributed by atoms with E-state index in [2.05, 4.69) is 35.7 Å². The van der Waals surface area contributed by atoms with Crippen LogP contribution in [-0.4, -0.2) is 16.1 Å². The Bertz CT molecular complexity index is 120. The lowest BCUT2D eigenvalue weighted by Gasteiger charge is -2.21. The molecule has 0 amide bonds. The van der Waals surface area contributed by atoms with Gasteiger partial charge < -0.3 is 10.6 Å². The predicted molar refractivity (Wildman–Crippen MR) is 49.1 cm³/mol. The molecular formula is C6H11IN2. The first-order valence-corrected chi connectivity index (χ1v) is 3.78. The van der Waals surface area contributed by atoms with Crippen molar-refractivity contribution in [1.82, 2.24) is 4.90 Å². The van der Waals surface area contributed by atoms with Crippen molar-refractivity contribution in [3.63, 3.8) is 0 Å². The fourth-order valence-electron chi connectivity index (χ4n) is 0.302. The molecule has 9 heavy (non-hydrogen) atoms. The van der Waals surface area contributed by atoms with Crippen molar-refractivity contribution in [2.75, 3.05) is 7.05 Å². The molecule has 0 aromatic heterocycles. The second-order valence-corrected chi connectivity index (χ2v) is 2.96. The summed E-state index contributed by atoms with van der Waals surface area (Å²) in [5.41, 5.74) is 6.36. The van der Waals surface area contributed by atoms with Crippen molar-refractivity contribution in [1.29, 1.82) is 0 Å². The molecule has 0 rings (SSSR count). The summed E-state index contributed by atoms with van der Waals surface area (Å²) in [6.07, 6.45) is 1.68. The molecular weight excluding hydrogens is 227 g/mol. The molecule has 0 aliphatic carbocycles. The number of alkyl halides is 1. The Morgan fingerprint density at radius 2 is 2.33 bits per heavy atom. The minimum atomic E-state index is -0.0203. The third kappa shape index (κ3) is 2.86. The average Bonchev–Trinajstić information content (AvgIpc) is 1.84. The zero-order valence-electron chi connectivity index (χ0n) is 5.47. The number of nitrogens with zero attached hydrogens (tertiary/aromatic N) is 1. The van der Waals surface area contributed by atoms with Gasteiger partial charge in [-0.15, -0.1) is 0 Å². The molecule has 0 saturated heterocycles. The van der Waals surface area contributed by atoms with Crippen molar-refractivity contribution < 1.29 is 0 Å². The van der Waals surface area contributed by atoms with E-state index in [9.17, 15) is 0 Å². The maximum absolute atomic E-state index is 5.52. The number of hydrogen-bond donors (Lipinski definition) is 1. The van der Waals surface area contributed by atoms with Crippen molar-refractivity contribution in [3.05, 3.63) is 24.9 Å². The first-order valence-electron chi connectivity index (χ1n) is 2.53. The molecule has 3 heteroatoms. The summed E-state index contributed by atoms with van der Waals surface area (Å²) in [4.78, 5) is 1.84. The van der Waals surface area contributed by atoms with Gasteiger partial charge in [-0.2, -0.15) is 0 Å². The molecule has 1 unspecified atom stereocenters. The van der Waals surface area contributed by atoms with Crippen LogP contribution in [0.3, 0.4) is 0 Å². The van der Waals surface area contributed by atoms with Crippen LogP contribution < -0.4 is 5.73 Å². The van der Waals surface area contributed by atoms with Crippen molar-refractivity contribution in [3.8, 4) is 0 Å². The summed E-state index contributed by atoms with van der Waals surface area (Å²) < 4.78 is -0.0203. The van der Waals surface area contributed by atoms with Crippen LogP contribution in [0.25, 0.3) is 0 Å². The third-order valence-corrected chi connectivity index (χ3v) is 1.89. The smallest absolute Gasteiger partial charge is 0.130 e. The van der Waals surface area contributed by atoms with Crippen molar-refractivity contribution in [2.24, 2.45) is 5.73 Å². The van der Waals surface area contributed by atoms with Crippen LogP contribution in [0.1, 0.15) is 0 Å². The summed E-state index contributed by atoms with van der Waals surface area (Å²) in [5, 5.41) is 0. The molecule has 0 saturated carbocycles. The van der Waals surface area contributed by atoms with Gasteiger partial charge in [-0.25, -0.2) is 0 Å². The molecule has 2 nitrogen and oxygen atoms in total. The summed E-state index contributed by atoms with van der Waals surface area (Å²) in [7, 11) is 1.88. The van der Waals surface area contributed by atoms with Crippen LogP contribution in [0.4, 0.5) is 0 Å². The molecule has 52 valence electrons. The first kappa shape index (κ1) is 8.97. The lowest BCUT2D eigenvalue weighted by Crippen LogP contribution is -2.31. The molecule has 0 bridgehead atoms. The van der Waals surface area contributed by atoms with Crippen LogP contribution in [0.2, 0.25) is 0 Å². The quantitative estimate of drug-likeness (QED) is 0.264. The number of hydrogen-bond acceptors (Lipinski definition) is 2. The zero-order chi connectivity index (χ0) is 7.44. The standard InChI is InChI=1S/C6H11IN2/c1-4-5(2)9(3)6(7)8/h4,6H,1-2,8H2,3H3. The van der Waals surface area contributed by atoms with Gasteiger partial charge in [0.25, 0.3) is 0 Å². The van der Waals surface area contributed by atoms with E-state index in [1.165, 1.54) is 0 Å². The number of halogens is 1. The third-order valence-electron chi connectivity index (χ3n) is 1.06. The monoisotopic (exact) mass is 238 g/mol. The largest absolute Gasteiger partial charge is 0.351 e. The lowest BCUT2D eigenvalue weighted by molar-refractivity contribution is 0.429. The van der Waals surface area contributed by atoms with Crippen molar-refractivity contribution in [2.45, 2.75) is 4.17 Å². The van der Waals surface area contributed by atoms with E-state index >= 15 is 0 Å². The van der Waals surface area contributed by atoms with E-state index < -0.39 is 0 Å². The second kappa shape index (κ2) is 3.90. The van der Waals surface area contributed by atoms with Gasteiger partial charge >= 0.3 is 0 Å². The van der Waals surface area contributed by atoms with Gasteiger partial charge in [0.2, 0.25) is 0 Å². The van der Waals surface area contributed by atoms with Gasteiger partial charge in [-0.1, -0.05) is 13.2 Å². The molecule has 0 aliphatic rings. The molecule has 2 N–H and O–H groups in total. The van der Waals surface area contributed by atoms with Crippen molar-refractivity contribution >= 4 is 22.6 Å². The average molecular weight is 238 g/mol. The topological polar surface area (TPSA) is 29.3 Å². The van der Waals surface area contributed by atoms with Crippen LogP contribution in [0.15, 0.2) is 24.9 Å². The number of likely N-dealkylation sites (N-methyl/N-ethyl adjacent to an activating group) is 1. The minimum Gasteiger partial charge on any atom is -0.351 e. The van der Waals surface area contributed by atoms with E-state index in [4.69, 9.17) is 5.73 Å². The van der Waals surface area contributed by atoms with E-state index in [1.54, 1.807) is 6.08 Å². The van der Waals surface area contributed by atoms with E-state index in [0.717, 1.165) is 5.70 Å². The highest BCUT2D eigenvalue weighted by atomic mass is 127. The second-order valence-electron chi connectivity index (χ2n) is 1.68. The molecule has 1 atom stereocenters. The molecule has 0 fully saturated rings. The maximum atomic E-state index is 5.52. The summed E-state index contributed by atoms with van der Waals surface area (Å²) in [6, 6.07) is 0. The van der Waals surface area contributed by atoms with Gasteiger partial charge in [-0.3, -0.25) is 0 Å². The van der Waals surface area contributed by atoms with Crippen LogP contribution in [-0.2, 0) is 0 Å². The maximum Gasteiger partial charge on any atom is 0.130 e. The Morgan fingerprint density at radius 1 is 1.89 bits per heavy atom. The highest BCUT2D eigenvalue weighted by molar-refractivity contribution is 14.1. The van der Waals surface area contributed by atoms with E-state index in [0.29, 0.717) is 0 Å². The van der Waals surface area contributed by atoms with Gasteiger partial charge in [0, 0.05) is 12.7 Å². The summed E-state index contributed by atoms with van der Waals surface area (Å²) >= 11 is 2.10. The van der Waals surface area contributed by atoms with Crippen LogP contribution >= 0.6 is 22.6 Å². The van der Waals surface area contributed by atoms with Gasteiger partial charge in [-0.05, 0) is 28.7 Å². The van der Waals surface area contributed by atoms with Gasteiger partial charge in [0.05, 0.1) is 0 Å². The Balaban J connectivity index is 3.87. The Hall–Kier alpha value is -0.0300.